The second kappa shape index (κ2) is 10.1. The molecule has 0 spiro atoms. The molecule has 0 saturated carbocycles. The molecule has 2 N–H and O–H groups in total. The summed E-state index contributed by atoms with van der Waals surface area (Å²) >= 11 is 7.55. The normalized spacial score (nSPS) is 14.5. The number of hydrogen-bond acceptors (Lipinski definition) is 4. The van der Waals surface area contributed by atoms with Gasteiger partial charge in [-0.25, -0.2) is 0 Å². The maximum absolute atomic E-state index is 12.4. The molecule has 7 heteroatoms. The van der Waals surface area contributed by atoms with Crippen LogP contribution in [0.4, 0.5) is 0 Å². The van der Waals surface area contributed by atoms with Gasteiger partial charge in [-0.05, 0) is 46.7 Å². The monoisotopic (exact) mass is 453 g/mol. The van der Waals surface area contributed by atoms with Gasteiger partial charge in [0.25, 0.3) is 0 Å². The van der Waals surface area contributed by atoms with Gasteiger partial charge in [-0.2, -0.15) is 0 Å². The number of thiophene rings is 1. The van der Waals surface area contributed by atoms with Crippen LogP contribution in [0.3, 0.4) is 0 Å². The fraction of sp³-hybridized carbons (Fsp3) is 0.250. The van der Waals surface area contributed by atoms with Crippen LogP contribution in [0, 0.1) is 0 Å². The van der Waals surface area contributed by atoms with E-state index in [0.717, 1.165) is 25.1 Å². The SMILES string of the molecule is O=C(NCc1ccc(Cl)cc1)C(=O)NC[C@H](c1cccs1)N1CCc2ccccc2C1. The molecule has 4 rings (SSSR count). The Hall–Kier alpha value is -2.67. The smallest absolute Gasteiger partial charge is 0.309 e. The number of fused-ring (bicyclic) bond motifs is 1. The third-order valence-electron chi connectivity index (χ3n) is 5.50. The van der Waals surface area contributed by atoms with Crippen molar-refractivity contribution in [2.75, 3.05) is 13.1 Å². The highest BCUT2D eigenvalue weighted by atomic mass is 35.5. The molecule has 5 nitrogen and oxygen atoms in total. The van der Waals surface area contributed by atoms with E-state index < -0.39 is 11.8 Å². The van der Waals surface area contributed by atoms with Crippen molar-refractivity contribution in [2.24, 2.45) is 0 Å². The molecule has 160 valence electrons. The zero-order chi connectivity index (χ0) is 21.6. The van der Waals surface area contributed by atoms with E-state index in [1.165, 1.54) is 16.0 Å². The number of amides is 2. The highest BCUT2D eigenvalue weighted by molar-refractivity contribution is 7.10. The maximum Gasteiger partial charge on any atom is 0.309 e. The van der Waals surface area contributed by atoms with Crippen molar-refractivity contribution in [3.63, 3.8) is 0 Å². The molecule has 0 radical (unpaired) electrons. The summed E-state index contributed by atoms with van der Waals surface area (Å²) in [6.45, 7) is 2.41. The minimum absolute atomic E-state index is 0.0290. The number of carbonyl (C=O) groups is 2. The van der Waals surface area contributed by atoms with E-state index in [9.17, 15) is 9.59 Å². The highest BCUT2D eigenvalue weighted by Crippen LogP contribution is 2.30. The average molecular weight is 454 g/mol. The van der Waals surface area contributed by atoms with Crippen LogP contribution in [-0.2, 0) is 29.1 Å². The van der Waals surface area contributed by atoms with Crippen LogP contribution in [0.25, 0.3) is 0 Å². The van der Waals surface area contributed by atoms with Crippen molar-refractivity contribution in [3.05, 3.63) is 92.6 Å². The van der Waals surface area contributed by atoms with E-state index in [1.807, 2.05) is 23.6 Å². The predicted octanol–water partition coefficient (Wildman–Crippen LogP) is 3.93. The number of rotatable bonds is 6. The molecule has 0 fully saturated rings. The summed E-state index contributed by atoms with van der Waals surface area (Å²) < 4.78 is 0. The molecule has 3 aromatic rings. The molecular formula is C24H24ClN3O2S. The third-order valence-corrected chi connectivity index (χ3v) is 6.73. The van der Waals surface area contributed by atoms with Crippen molar-refractivity contribution in [1.29, 1.82) is 0 Å². The van der Waals surface area contributed by atoms with Crippen molar-refractivity contribution in [2.45, 2.75) is 25.6 Å². The molecule has 1 aliphatic heterocycles. The van der Waals surface area contributed by atoms with E-state index in [4.69, 9.17) is 11.6 Å². The van der Waals surface area contributed by atoms with Crippen molar-refractivity contribution < 1.29 is 9.59 Å². The number of benzene rings is 2. The summed E-state index contributed by atoms with van der Waals surface area (Å²) in [6, 6.07) is 19.8. The third kappa shape index (κ3) is 5.53. The van der Waals surface area contributed by atoms with Crippen molar-refractivity contribution >= 4 is 34.8 Å². The van der Waals surface area contributed by atoms with Gasteiger partial charge in [0.1, 0.15) is 0 Å². The van der Waals surface area contributed by atoms with E-state index in [2.05, 4.69) is 45.9 Å². The number of hydrogen-bond donors (Lipinski definition) is 2. The van der Waals surface area contributed by atoms with Gasteiger partial charge in [0.15, 0.2) is 0 Å². The van der Waals surface area contributed by atoms with Crippen molar-refractivity contribution in [1.82, 2.24) is 15.5 Å². The number of carbonyl (C=O) groups excluding carboxylic acids is 2. The van der Waals surface area contributed by atoms with Crippen LogP contribution < -0.4 is 10.6 Å². The first-order chi connectivity index (χ1) is 15.1. The van der Waals surface area contributed by atoms with E-state index >= 15 is 0 Å². The van der Waals surface area contributed by atoms with Crippen molar-refractivity contribution in [3.8, 4) is 0 Å². The van der Waals surface area contributed by atoms with Crippen LogP contribution >= 0.6 is 22.9 Å². The average Bonchev–Trinajstić information content (AvgIpc) is 3.33. The highest BCUT2D eigenvalue weighted by Gasteiger charge is 2.26. The standard InChI is InChI=1S/C24H24ClN3O2S/c25-20-9-7-17(8-10-20)14-26-23(29)24(30)27-15-21(22-6-3-13-31-22)28-12-11-18-4-1-2-5-19(18)16-28/h1-10,13,21H,11-12,14-16H2,(H,26,29)(H,27,30)/t21-/m1/s1. The Labute approximate surface area is 191 Å². The first-order valence-electron chi connectivity index (χ1n) is 10.2. The zero-order valence-corrected chi connectivity index (χ0v) is 18.6. The largest absolute Gasteiger partial charge is 0.346 e. The Morgan fingerprint density at radius 1 is 0.968 bits per heavy atom. The van der Waals surface area contributed by atoms with Crippen LogP contribution in [0.1, 0.15) is 27.6 Å². The number of nitrogens with one attached hydrogen (secondary N) is 2. The quantitative estimate of drug-likeness (QED) is 0.556. The van der Waals surface area contributed by atoms with E-state index in [-0.39, 0.29) is 12.6 Å². The Balaban J connectivity index is 1.36. The van der Waals surface area contributed by atoms with Crippen LogP contribution in [0.2, 0.25) is 5.02 Å². The molecule has 31 heavy (non-hydrogen) atoms. The molecular weight excluding hydrogens is 430 g/mol. The van der Waals surface area contributed by atoms with Gasteiger partial charge in [0.2, 0.25) is 0 Å². The fourth-order valence-electron chi connectivity index (χ4n) is 3.81. The van der Waals surface area contributed by atoms with Crippen LogP contribution in [0.15, 0.2) is 66.0 Å². The molecule has 2 heterocycles. The van der Waals surface area contributed by atoms with Gasteiger partial charge in [-0.3, -0.25) is 14.5 Å². The summed E-state index contributed by atoms with van der Waals surface area (Å²) in [4.78, 5) is 28.2. The lowest BCUT2D eigenvalue weighted by atomic mass is 9.98. The fourth-order valence-corrected chi connectivity index (χ4v) is 4.80. The number of halogens is 1. The second-order valence-electron chi connectivity index (χ2n) is 7.54. The zero-order valence-electron chi connectivity index (χ0n) is 17.0. The number of nitrogens with zero attached hydrogens (tertiary/aromatic N) is 1. The summed E-state index contributed by atoms with van der Waals surface area (Å²) in [5.41, 5.74) is 3.59. The first kappa shape index (κ1) is 21.6. The Bertz CT molecular complexity index is 1040. The summed E-state index contributed by atoms with van der Waals surface area (Å²) in [6.07, 6.45) is 0.980. The second-order valence-corrected chi connectivity index (χ2v) is 8.96. The molecule has 2 aromatic carbocycles. The summed E-state index contributed by atoms with van der Waals surface area (Å²) in [5, 5.41) is 8.17. The molecule has 0 bridgehead atoms. The van der Waals surface area contributed by atoms with Gasteiger partial charge in [-0.1, -0.05) is 54.1 Å². The lowest BCUT2D eigenvalue weighted by molar-refractivity contribution is -0.139. The summed E-state index contributed by atoms with van der Waals surface area (Å²) in [7, 11) is 0. The minimum atomic E-state index is -0.635. The molecule has 2 amide bonds. The molecule has 0 saturated heterocycles. The Kier molecular flexibility index (Phi) is 7.02. The lowest BCUT2D eigenvalue weighted by Crippen LogP contribution is -2.44. The lowest BCUT2D eigenvalue weighted by Gasteiger charge is -2.35. The van der Waals surface area contributed by atoms with Gasteiger partial charge in [0, 0.05) is 36.1 Å². The van der Waals surface area contributed by atoms with Gasteiger partial charge < -0.3 is 10.6 Å². The molecule has 1 atom stereocenters. The molecule has 0 aliphatic carbocycles. The molecule has 0 unspecified atom stereocenters. The molecule has 1 aromatic heterocycles. The predicted molar refractivity (Wildman–Crippen MR) is 124 cm³/mol. The van der Waals surface area contributed by atoms with E-state index in [1.54, 1.807) is 23.5 Å². The van der Waals surface area contributed by atoms with Crippen LogP contribution in [0.5, 0.6) is 0 Å². The van der Waals surface area contributed by atoms with Crippen LogP contribution in [-0.4, -0.2) is 29.8 Å². The maximum atomic E-state index is 12.4. The van der Waals surface area contributed by atoms with Gasteiger partial charge in [0.05, 0.1) is 6.04 Å². The van der Waals surface area contributed by atoms with E-state index in [0.29, 0.717) is 11.6 Å². The first-order valence-corrected chi connectivity index (χ1v) is 11.5. The summed E-state index contributed by atoms with van der Waals surface area (Å²) in [5.74, 6) is -1.25. The van der Waals surface area contributed by atoms with Gasteiger partial charge >= 0.3 is 11.8 Å². The Morgan fingerprint density at radius 2 is 1.71 bits per heavy atom. The minimum Gasteiger partial charge on any atom is -0.346 e. The van der Waals surface area contributed by atoms with Gasteiger partial charge in [-0.15, -0.1) is 11.3 Å². The Morgan fingerprint density at radius 3 is 2.45 bits per heavy atom. The molecule has 1 aliphatic rings. The topological polar surface area (TPSA) is 61.4 Å².